The Bertz CT molecular complexity index is 511. The number of rotatable bonds is 3. The Labute approximate surface area is 113 Å². The Hall–Kier alpha value is -0.620. The SMILES string of the molecule is CN1CCN(S(=O)(=O)Cc2cccc(Cl)c2)CC1. The van der Waals surface area contributed by atoms with Gasteiger partial charge in [-0.1, -0.05) is 23.7 Å². The second kappa shape index (κ2) is 5.57. The van der Waals surface area contributed by atoms with Crippen LogP contribution in [0.25, 0.3) is 0 Å². The average Bonchev–Trinajstić information content (AvgIpc) is 2.29. The molecule has 2 rings (SSSR count). The Balaban J connectivity index is 2.08. The Morgan fingerprint density at radius 1 is 1.22 bits per heavy atom. The van der Waals surface area contributed by atoms with Crippen LogP contribution in [-0.4, -0.2) is 50.8 Å². The van der Waals surface area contributed by atoms with E-state index in [0.717, 1.165) is 18.7 Å². The van der Waals surface area contributed by atoms with E-state index in [1.54, 1.807) is 28.6 Å². The second-order valence-corrected chi connectivity index (χ2v) is 6.99. The Kier molecular flexibility index (Phi) is 4.27. The summed E-state index contributed by atoms with van der Waals surface area (Å²) < 4.78 is 26.0. The highest BCUT2D eigenvalue weighted by molar-refractivity contribution is 7.88. The van der Waals surface area contributed by atoms with E-state index in [0.29, 0.717) is 18.1 Å². The molecule has 0 N–H and O–H groups in total. The summed E-state index contributed by atoms with van der Waals surface area (Å²) in [5.41, 5.74) is 0.737. The van der Waals surface area contributed by atoms with Crippen molar-refractivity contribution in [2.45, 2.75) is 5.75 Å². The number of piperazine rings is 1. The molecule has 0 radical (unpaired) electrons. The predicted octanol–water partition coefficient (Wildman–Crippen LogP) is 1.42. The lowest BCUT2D eigenvalue weighted by molar-refractivity contribution is 0.222. The van der Waals surface area contributed by atoms with Crippen molar-refractivity contribution < 1.29 is 8.42 Å². The summed E-state index contributed by atoms with van der Waals surface area (Å²) in [7, 11) is -1.23. The van der Waals surface area contributed by atoms with Gasteiger partial charge < -0.3 is 4.90 Å². The van der Waals surface area contributed by atoms with E-state index in [-0.39, 0.29) is 5.75 Å². The predicted molar refractivity (Wildman–Crippen MR) is 73.1 cm³/mol. The van der Waals surface area contributed by atoms with Crippen molar-refractivity contribution in [1.29, 1.82) is 0 Å². The zero-order valence-corrected chi connectivity index (χ0v) is 11.9. The Morgan fingerprint density at radius 2 is 1.89 bits per heavy atom. The molecule has 1 aliphatic rings. The lowest BCUT2D eigenvalue weighted by Crippen LogP contribution is -2.47. The molecule has 0 unspecified atom stereocenters. The minimum atomic E-state index is -3.23. The van der Waals surface area contributed by atoms with Gasteiger partial charge in [0.2, 0.25) is 10.0 Å². The summed E-state index contributed by atoms with van der Waals surface area (Å²) in [5.74, 6) is 0.0251. The van der Waals surface area contributed by atoms with Gasteiger partial charge in [0.25, 0.3) is 0 Å². The highest BCUT2D eigenvalue weighted by Gasteiger charge is 2.25. The maximum atomic E-state index is 12.2. The van der Waals surface area contributed by atoms with Crippen LogP contribution in [0.2, 0.25) is 5.02 Å². The molecule has 1 aromatic carbocycles. The fraction of sp³-hybridized carbons (Fsp3) is 0.500. The molecule has 0 atom stereocenters. The third-order valence-corrected chi connectivity index (χ3v) is 5.18. The summed E-state index contributed by atoms with van der Waals surface area (Å²) in [6, 6.07) is 7.01. The first-order valence-electron chi connectivity index (χ1n) is 5.88. The smallest absolute Gasteiger partial charge is 0.218 e. The molecule has 1 saturated heterocycles. The van der Waals surface area contributed by atoms with Gasteiger partial charge in [-0.2, -0.15) is 4.31 Å². The maximum absolute atomic E-state index is 12.2. The fourth-order valence-electron chi connectivity index (χ4n) is 1.99. The van der Waals surface area contributed by atoms with Crippen LogP contribution < -0.4 is 0 Å². The molecule has 100 valence electrons. The lowest BCUT2D eigenvalue weighted by atomic mass is 10.2. The first-order chi connectivity index (χ1) is 8.47. The molecule has 18 heavy (non-hydrogen) atoms. The third-order valence-electron chi connectivity index (χ3n) is 3.09. The number of benzene rings is 1. The van der Waals surface area contributed by atoms with Crippen LogP contribution in [-0.2, 0) is 15.8 Å². The van der Waals surface area contributed by atoms with Crippen LogP contribution >= 0.6 is 11.6 Å². The summed E-state index contributed by atoms with van der Waals surface area (Å²) >= 11 is 5.86. The fourth-order valence-corrected chi connectivity index (χ4v) is 3.71. The van der Waals surface area contributed by atoms with Crippen molar-refractivity contribution in [3.05, 3.63) is 34.9 Å². The van der Waals surface area contributed by atoms with Crippen molar-refractivity contribution in [2.24, 2.45) is 0 Å². The highest BCUT2D eigenvalue weighted by atomic mass is 35.5. The van der Waals surface area contributed by atoms with E-state index < -0.39 is 10.0 Å². The molecular formula is C12H17ClN2O2S. The standard InChI is InChI=1S/C12H17ClN2O2S/c1-14-5-7-15(8-6-14)18(16,17)10-11-3-2-4-12(13)9-11/h2-4,9H,5-8,10H2,1H3. The van der Waals surface area contributed by atoms with E-state index in [9.17, 15) is 8.42 Å². The van der Waals surface area contributed by atoms with Gasteiger partial charge in [0.05, 0.1) is 5.75 Å². The number of likely N-dealkylation sites (N-methyl/N-ethyl adjacent to an activating group) is 1. The van der Waals surface area contributed by atoms with E-state index in [4.69, 9.17) is 11.6 Å². The van der Waals surface area contributed by atoms with Gasteiger partial charge in [0.1, 0.15) is 0 Å². The minimum absolute atomic E-state index is 0.0251. The molecule has 4 nitrogen and oxygen atoms in total. The zero-order chi connectivity index (χ0) is 13.2. The molecule has 0 aliphatic carbocycles. The molecule has 0 amide bonds. The van der Waals surface area contributed by atoms with Crippen LogP contribution in [0.15, 0.2) is 24.3 Å². The summed E-state index contributed by atoms with van der Waals surface area (Å²) in [5, 5.41) is 0.570. The minimum Gasteiger partial charge on any atom is -0.304 e. The maximum Gasteiger partial charge on any atom is 0.218 e. The third kappa shape index (κ3) is 3.45. The first-order valence-corrected chi connectivity index (χ1v) is 7.87. The van der Waals surface area contributed by atoms with Gasteiger partial charge >= 0.3 is 0 Å². The molecule has 6 heteroatoms. The quantitative estimate of drug-likeness (QED) is 0.845. The number of halogens is 1. The van der Waals surface area contributed by atoms with E-state index in [2.05, 4.69) is 4.90 Å². The number of nitrogens with zero attached hydrogens (tertiary/aromatic N) is 2. The van der Waals surface area contributed by atoms with Crippen molar-refractivity contribution >= 4 is 21.6 Å². The van der Waals surface area contributed by atoms with Gasteiger partial charge in [0.15, 0.2) is 0 Å². The van der Waals surface area contributed by atoms with Crippen LogP contribution in [0.4, 0.5) is 0 Å². The van der Waals surface area contributed by atoms with Crippen molar-refractivity contribution in [3.8, 4) is 0 Å². The molecule has 0 bridgehead atoms. The average molecular weight is 289 g/mol. The molecule has 1 aromatic rings. The van der Waals surface area contributed by atoms with Crippen LogP contribution in [0.3, 0.4) is 0 Å². The van der Waals surface area contributed by atoms with Gasteiger partial charge in [0, 0.05) is 31.2 Å². The Morgan fingerprint density at radius 3 is 2.50 bits per heavy atom. The number of sulfonamides is 1. The second-order valence-electron chi connectivity index (χ2n) is 4.59. The van der Waals surface area contributed by atoms with Gasteiger partial charge in [-0.25, -0.2) is 8.42 Å². The first kappa shape index (κ1) is 13.8. The summed E-state index contributed by atoms with van der Waals surface area (Å²) in [4.78, 5) is 2.13. The van der Waals surface area contributed by atoms with Gasteiger partial charge in [-0.05, 0) is 24.7 Å². The molecule has 0 saturated carbocycles. The van der Waals surface area contributed by atoms with Crippen LogP contribution in [0.1, 0.15) is 5.56 Å². The van der Waals surface area contributed by atoms with E-state index in [1.807, 2.05) is 7.05 Å². The molecule has 1 fully saturated rings. The number of hydrogen-bond acceptors (Lipinski definition) is 3. The lowest BCUT2D eigenvalue weighted by Gasteiger charge is -2.31. The zero-order valence-electron chi connectivity index (χ0n) is 10.3. The van der Waals surface area contributed by atoms with Crippen molar-refractivity contribution in [2.75, 3.05) is 33.2 Å². The summed E-state index contributed by atoms with van der Waals surface area (Å²) in [6.07, 6.45) is 0. The van der Waals surface area contributed by atoms with Crippen molar-refractivity contribution in [1.82, 2.24) is 9.21 Å². The summed E-state index contributed by atoms with van der Waals surface area (Å²) in [6.45, 7) is 2.71. The van der Waals surface area contributed by atoms with Crippen LogP contribution in [0, 0.1) is 0 Å². The normalized spacial score (nSPS) is 19.0. The van der Waals surface area contributed by atoms with Gasteiger partial charge in [-0.3, -0.25) is 0 Å². The molecule has 1 heterocycles. The largest absolute Gasteiger partial charge is 0.304 e. The highest BCUT2D eigenvalue weighted by Crippen LogP contribution is 2.16. The number of hydrogen-bond donors (Lipinski definition) is 0. The topological polar surface area (TPSA) is 40.6 Å². The van der Waals surface area contributed by atoms with E-state index in [1.165, 1.54) is 0 Å². The molecule has 0 spiro atoms. The molecule has 0 aromatic heterocycles. The molecule has 1 aliphatic heterocycles. The van der Waals surface area contributed by atoms with Gasteiger partial charge in [-0.15, -0.1) is 0 Å². The monoisotopic (exact) mass is 288 g/mol. The van der Waals surface area contributed by atoms with Crippen molar-refractivity contribution in [3.63, 3.8) is 0 Å². The van der Waals surface area contributed by atoms with Crippen LogP contribution in [0.5, 0.6) is 0 Å². The molecular weight excluding hydrogens is 272 g/mol. The van der Waals surface area contributed by atoms with E-state index >= 15 is 0 Å².